The molecule has 0 N–H and O–H groups in total. The summed E-state index contributed by atoms with van der Waals surface area (Å²) >= 11 is 1.76. The van der Waals surface area contributed by atoms with Crippen LogP contribution in [0.1, 0.15) is 43.3 Å². The molecule has 0 aliphatic carbocycles. The molecule has 6 heteroatoms. The van der Waals surface area contributed by atoms with Crippen molar-refractivity contribution in [2.75, 3.05) is 18.0 Å². The molecule has 1 fully saturated rings. The van der Waals surface area contributed by atoms with Crippen LogP contribution in [-0.2, 0) is 0 Å². The van der Waals surface area contributed by atoms with Crippen molar-refractivity contribution >= 4 is 17.2 Å². The van der Waals surface area contributed by atoms with E-state index >= 15 is 0 Å². The highest BCUT2D eigenvalue weighted by molar-refractivity contribution is 7.09. The standard InChI is InChI=1S/C16H22N4OS/c1-11(2)21-15-14(17-6-7-18-15)20-8-4-5-13(9-20)16-19-12(3)10-22-16/h6-7,10-11,13H,4-5,8-9H2,1-3H3. The number of ether oxygens (including phenoxy) is 1. The van der Waals surface area contributed by atoms with E-state index in [1.807, 2.05) is 13.8 Å². The Bertz CT molecular complexity index is 628. The lowest BCUT2D eigenvalue weighted by Gasteiger charge is -2.33. The van der Waals surface area contributed by atoms with Crippen molar-refractivity contribution < 1.29 is 4.74 Å². The Balaban J connectivity index is 1.80. The van der Waals surface area contributed by atoms with Gasteiger partial charge in [-0.1, -0.05) is 0 Å². The molecular formula is C16H22N4OS. The van der Waals surface area contributed by atoms with Crippen LogP contribution >= 0.6 is 11.3 Å². The first-order valence-electron chi connectivity index (χ1n) is 7.78. The minimum atomic E-state index is 0.0950. The summed E-state index contributed by atoms with van der Waals surface area (Å²) in [5, 5.41) is 3.36. The van der Waals surface area contributed by atoms with Gasteiger partial charge in [0.15, 0.2) is 5.82 Å². The summed E-state index contributed by atoms with van der Waals surface area (Å²) in [4.78, 5) is 15.8. The smallest absolute Gasteiger partial charge is 0.257 e. The van der Waals surface area contributed by atoms with Crippen molar-refractivity contribution in [3.05, 3.63) is 28.5 Å². The molecular weight excluding hydrogens is 296 g/mol. The Kier molecular flexibility index (Phi) is 4.57. The van der Waals surface area contributed by atoms with Crippen molar-refractivity contribution in [1.29, 1.82) is 0 Å². The maximum atomic E-state index is 5.82. The molecule has 1 saturated heterocycles. The van der Waals surface area contributed by atoms with Crippen LogP contribution in [0.4, 0.5) is 5.82 Å². The molecule has 1 unspecified atom stereocenters. The molecule has 22 heavy (non-hydrogen) atoms. The molecule has 0 saturated carbocycles. The summed E-state index contributed by atoms with van der Waals surface area (Å²) in [5.41, 5.74) is 1.11. The summed E-state index contributed by atoms with van der Waals surface area (Å²) in [6.07, 6.45) is 5.84. The number of nitrogens with zero attached hydrogens (tertiary/aromatic N) is 4. The van der Waals surface area contributed by atoms with E-state index in [0.717, 1.165) is 31.0 Å². The third-order valence-electron chi connectivity index (χ3n) is 3.70. The molecule has 3 heterocycles. The largest absolute Gasteiger partial charge is 0.472 e. The zero-order valence-electron chi connectivity index (χ0n) is 13.3. The fourth-order valence-electron chi connectivity index (χ4n) is 2.77. The van der Waals surface area contributed by atoms with E-state index in [9.17, 15) is 0 Å². The van der Waals surface area contributed by atoms with Crippen molar-refractivity contribution in [2.24, 2.45) is 0 Å². The number of hydrogen-bond acceptors (Lipinski definition) is 6. The van der Waals surface area contributed by atoms with Gasteiger partial charge in [-0.3, -0.25) is 0 Å². The van der Waals surface area contributed by atoms with Gasteiger partial charge in [-0.05, 0) is 33.6 Å². The van der Waals surface area contributed by atoms with Crippen LogP contribution in [0.2, 0.25) is 0 Å². The van der Waals surface area contributed by atoms with Gasteiger partial charge in [0.05, 0.1) is 11.1 Å². The zero-order valence-corrected chi connectivity index (χ0v) is 14.1. The molecule has 1 aliphatic heterocycles. The molecule has 0 spiro atoms. The number of anilines is 1. The van der Waals surface area contributed by atoms with Crippen LogP contribution in [0.5, 0.6) is 5.88 Å². The highest BCUT2D eigenvalue weighted by atomic mass is 32.1. The average molecular weight is 318 g/mol. The summed E-state index contributed by atoms with van der Waals surface area (Å²) in [5.74, 6) is 1.96. The summed E-state index contributed by atoms with van der Waals surface area (Å²) in [6, 6.07) is 0. The van der Waals surface area contributed by atoms with Crippen LogP contribution in [0.15, 0.2) is 17.8 Å². The summed E-state index contributed by atoms with van der Waals surface area (Å²) < 4.78 is 5.82. The second-order valence-corrected chi connectivity index (χ2v) is 6.85. The van der Waals surface area contributed by atoms with Crippen LogP contribution in [0, 0.1) is 6.92 Å². The van der Waals surface area contributed by atoms with Crippen LogP contribution in [-0.4, -0.2) is 34.1 Å². The van der Waals surface area contributed by atoms with E-state index in [4.69, 9.17) is 4.74 Å². The van der Waals surface area contributed by atoms with Crippen LogP contribution < -0.4 is 9.64 Å². The fraction of sp³-hybridized carbons (Fsp3) is 0.562. The molecule has 5 nitrogen and oxygen atoms in total. The van der Waals surface area contributed by atoms with E-state index in [1.165, 1.54) is 11.4 Å². The average Bonchev–Trinajstić information content (AvgIpc) is 2.94. The Labute approximate surface area is 135 Å². The molecule has 0 aromatic carbocycles. The quantitative estimate of drug-likeness (QED) is 0.864. The normalized spacial score (nSPS) is 18.7. The summed E-state index contributed by atoms with van der Waals surface area (Å²) in [6.45, 7) is 8.00. The van der Waals surface area contributed by atoms with Gasteiger partial charge in [-0.25, -0.2) is 15.0 Å². The lowest BCUT2D eigenvalue weighted by molar-refractivity contribution is 0.231. The Morgan fingerprint density at radius 3 is 2.86 bits per heavy atom. The van der Waals surface area contributed by atoms with Crippen molar-refractivity contribution in [2.45, 2.75) is 45.6 Å². The summed E-state index contributed by atoms with van der Waals surface area (Å²) in [7, 11) is 0. The maximum Gasteiger partial charge on any atom is 0.257 e. The van der Waals surface area contributed by atoms with Crippen molar-refractivity contribution in [3.8, 4) is 5.88 Å². The molecule has 3 rings (SSSR count). The number of aryl methyl sites for hydroxylation is 1. The van der Waals surface area contributed by atoms with E-state index in [-0.39, 0.29) is 6.10 Å². The minimum Gasteiger partial charge on any atom is -0.472 e. The van der Waals surface area contributed by atoms with Gasteiger partial charge in [0.1, 0.15) is 0 Å². The molecule has 2 aromatic rings. The lowest BCUT2D eigenvalue weighted by Crippen LogP contribution is -2.35. The first kappa shape index (κ1) is 15.2. The molecule has 0 bridgehead atoms. The van der Waals surface area contributed by atoms with Gasteiger partial charge in [-0.15, -0.1) is 11.3 Å². The monoisotopic (exact) mass is 318 g/mol. The molecule has 1 aliphatic rings. The highest BCUT2D eigenvalue weighted by Gasteiger charge is 2.26. The van der Waals surface area contributed by atoms with Crippen LogP contribution in [0.25, 0.3) is 0 Å². The van der Waals surface area contributed by atoms with E-state index < -0.39 is 0 Å². The van der Waals surface area contributed by atoms with Crippen molar-refractivity contribution in [1.82, 2.24) is 15.0 Å². The molecule has 0 amide bonds. The number of rotatable bonds is 4. The predicted molar refractivity (Wildman–Crippen MR) is 88.8 cm³/mol. The highest BCUT2D eigenvalue weighted by Crippen LogP contribution is 2.33. The van der Waals surface area contributed by atoms with Gasteiger partial charge in [-0.2, -0.15) is 0 Å². The van der Waals surface area contributed by atoms with Gasteiger partial charge >= 0.3 is 0 Å². The number of hydrogen-bond donors (Lipinski definition) is 0. The predicted octanol–water partition coefficient (Wildman–Crippen LogP) is 3.41. The number of aromatic nitrogens is 3. The zero-order chi connectivity index (χ0) is 15.5. The van der Waals surface area contributed by atoms with Gasteiger partial charge < -0.3 is 9.64 Å². The first-order valence-corrected chi connectivity index (χ1v) is 8.66. The molecule has 118 valence electrons. The van der Waals surface area contributed by atoms with Gasteiger partial charge in [0.25, 0.3) is 5.88 Å². The molecule has 2 aromatic heterocycles. The van der Waals surface area contributed by atoms with Crippen LogP contribution in [0.3, 0.4) is 0 Å². The molecule has 1 atom stereocenters. The van der Waals surface area contributed by atoms with Gasteiger partial charge in [0.2, 0.25) is 0 Å². The number of piperidine rings is 1. The Morgan fingerprint density at radius 2 is 2.14 bits per heavy atom. The second-order valence-electron chi connectivity index (χ2n) is 5.96. The topological polar surface area (TPSA) is 51.1 Å². The third kappa shape index (κ3) is 3.38. The SMILES string of the molecule is Cc1csc(C2CCCN(c3nccnc3OC(C)C)C2)n1. The van der Waals surface area contributed by atoms with E-state index in [0.29, 0.717) is 11.8 Å². The lowest BCUT2D eigenvalue weighted by atomic mass is 9.99. The number of thiazole rings is 1. The van der Waals surface area contributed by atoms with E-state index in [1.54, 1.807) is 23.7 Å². The third-order valence-corrected chi connectivity index (χ3v) is 4.83. The Hall–Kier alpha value is -1.69. The fourth-order valence-corrected chi connectivity index (χ4v) is 3.70. The molecule has 0 radical (unpaired) electrons. The first-order chi connectivity index (χ1) is 10.6. The second kappa shape index (κ2) is 6.60. The van der Waals surface area contributed by atoms with Crippen molar-refractivity contribution in [3.63, 3.8) is 0 Å². The Morgan fingerprint density at radius 1 is 1.32 bits per heavy atom. The van der Waals surface area contributed by atoms with Gasteiger partial charge in [0, 0.05) is 42.5 Å². The minimum absolute atomic E-state index is 0.0950. The maximum absolute atomic E-state index is 5.82. The van der Waals surface area contributed by atoms with E-state index in [2.05, 4.69) is 32.2 Å².